The number of carbonyl (C=O) groups excluding carboxylic acids is 1. The van der Waals surface area contributed by atoms with Gasteiger partial charge in [-0.3, -0.25) is 23.7 Å². The topological polar surface area (TPSA) is 117 Å². The Kier molecular flexibility index (Phi) is 4.59. The lowest BCUT2D eigenvalue weighted by atomic mass is 10.2. The number of carbonyl (C=O) groups is 1. The van der Waals surface area contributed by atoms with Crippen LogP contribution >= 0.6 is 0 Å². The van der Waals surface area contributed by atoms with Crippen LogP contribution in [0.1, 0.15) is 5.56 Å². The Morgan fingerprint density at radius 2 is 1.97 bits per heavy atom. The van der Waals surface area contributed by atoms with E-state index in [0.29, 0.717) is 6.54 Å². The second kappa shape index (κ2) is 7.23. The van der Waals surface area contributed by atoms with E-state index >= 15 is 0 Å². The van der Waals surface area contributed by atoms with Gasteiger partial charge in [0, 0.05) is 32.4 Å². The second-order valence-electron chi connectivity index (χ2n) is 6.59. The Bertz CT molecular complexity index is 1300. The van der Waals surface area contributed by atoms with Gasteiger partial charge in [0.15, 0.2) is 11.2 Å². The molecule has 4 aromatic heterocycles. The highest BCUT2D eigenvalue weighted by Gasteiger charge is 2.15. The number of amides is 1. The summed E-state index contributed by atoms with van der Waals surface area (Å²) >= 11 is 0. The summed E-state index contributed by atoms with van der Waals surface area (Å²) in [4.78, 5) is 45.2. The molecule has 0 saturated carbocycles. The van der Waals surface area contributed by atoms with Crippen LogP contribution in [0.25, 0.3) is 22.4 Å². The molecule has 4 heterocycles. The van der Waals surface area contributed by atoms with Gasteiger partial charge in [0.25, 0.3) is 5.56 Å². The zero-order chi connectivity index (χ0) is 20.5. The number of hydrogen-bond donors (Lipinski definition) is 1. The summed E-state index contributed by atoms with van der Waals surface area (Å²) in [7, 11) is 2.92. The molecule has 0 spiro atoms. The summed E-state index contributed by atoms with van der Waals surface area (Å²) in [6.45, 7) is 0.200. The Balaban J connectivity index is 1.47. The molecule has 148 valence electrons. The molecule has 0 aliphatic heterocycles. The van der Waals surface area contributed by atoms with Gasteiger partial charge in [-0.1, -0.05) is 6.07 Å². The van der Waals surface area contributed by atoms with Crippen LogP contribution < -0.4 is 16.6 Å². The maximum atomic E-state index is 12.4. The van der Waals surface area contributed by atoms with E-state index in [-0.39, 0.29) is 23.6 Å². The third-order valence-electron chi connectivity index (χ3n) is 4.66. The van der Waals surface area contributed by atoms with Gasteiger partial charge in [0.2, 0.25) is 5.91 Å². The van der Waals surface area contributed by atoms with Crippen LogP contribution in [0.3, 0.4) is 0 Å². The number of imidazole rings is 1. The fraction of sp³-hybridized carbons (Fsp3) is 0.211. The van der Waals surface area contributed by atoms with Crippen LogP contribution in [0.4, 0.5) is 0 Å². The number of pyridine rings is 1. The summed E-state index contributed by atoms with van der Waals surface area (Å²) in [6.07, 6.45) is 6.25. The molecule has 4 aromatic rings. The summed E-state index contributed by atoms with van der Waals surface area (Å²) in [5.74, 6) is -0.292. The molecular formula is C19H18N6O4. The average molecular weight is 394 g/mol. The molecule has 0 fully saturated rings. The summed E-state index contributed by atoms with van der Waals surface area (Å²) < 4.78 is 8.75. The molecule has 0 saturated heterocycles. The van der Waals surface area contributed by atoms with Gasteiger partial charge in [-0.15, -0.1) is 0 Å². The lowest BCUT2D eigenvalue weighted by Gasteiger charge is -2.08. The van der Waals surface area contributed by atoms with Crippen LogP contribution in [0, 0.1) is 0 Å². The number of rotatable bonds is 5. The minimum absolute atomic E-state index is 0.0928. The van der Waals surface area contributed by atoms with Gasteiger partial charge in [-0.05, 0) is 17.7 Å². The number of fused-ring (bicyclic) bond motifs is 1. The summed E-state index contributed by atoms with van der Waals surface area (Å²) in [5.41, 5.74) is 1.97. The van der Waals surface area contributed by atoms with Gasteiger partial charge in [-0.25, -0.2) is 9.78 Å². The van der Waals surface area contributed by atoms with Crippen LogP contribution in [-0.4, -0.2) is 29.6 Å². The molecule has 0 aliphatic carbocycles. The summed E-state index contributed by atoms with van der Waals surface area (Å²) in [6, 6.07) is 5.53. The van der Waals surface area contributed by atoms with Gasteiger partial charge in [-0.2, -0.15) is 0 Å². The molecular weight excluding hydrogens is 376 g/mol. The molecule has 0 aliphatic rings. The highest BCUT2D eigenvalue weighted by molar-refractivity contribution is 5.78. The largest absolute Gasteiger partial charge is 0.472 e. The molecule has 0 aromatic carbocycles. The van der Waals surface area contributed by atoms with Crippen molar-refractivity contribution in [2.24, 2.45) is 14.1 Å². The van der Waals surface area contributed by atoms with E-state index in [1.165, 1.54) is 29.6 Å². The number of nitrogens with one attached hydrogen (secondary N) is 1. The molecule has 29 heavy (non-hydrogen) atoms. The van der Waals surface area contributed by atoms with Crippen LogP contribution in [0.5, 0.6) is 0 Å². The van der Waals surface area contributed by atoms with Gasteiger partial charge in [0.1, 0.15) is 6.54 Å². The van der Waals surface area contributed by atoms with E-state index in [4.69, 9.17) is 4.42 Å². The lowest BCUT2D eigenvalue weighted by Crippen LogP contribution is -2.38. The molecule has 10 heteroatoms. The normalized spacial score (nSPS) is 11.1. The number of aryl methyl sites for hydroxylation is 1. The first-order valence-electron chi connectivity index (χ1n) is 8.80. The number of hydrogen-bond acceptors (Lipinski definition) is 6. The van der Waals surface area contributed by atoms with Crippen molar-refractivity contribution in [1.29, 1.82) is 0 Å². The zero-order valence-corrected chi connectivity index (χ0v) is 15.8. The Hall–Kier alpha value is -3.95. The van der Waals surface area contributed by atoms with Crippen molar-refractivity contribution in [2.45, 2.75) is 13.1 Å². The van der Waals surface area contributed by atoms with E-state index in [9.17, 15) is 14.4 Å². The predicted octanol–water partition coefficient (Wildman–Crippen LogP) is 0.405. The first-order chi connectivity index (χ1) is 14.0. The van der Waals surface area contributed by atoms with Gasteiger partial charge < -0.3 is 14.3 Å². The van der Waals surface area contributed by atoms with Gasteiger partial charge >= 0.3 is 5.69 Å². The molecule has 10 nitrogen and oxygen atoms in total. The van der Waals surface area contributed by atoms with Crippen molar-refractivity contribution in [3.05, 3.63) is 69.7 Å². The molecule has 0 bridgehead atoms. The Labute approximate surface area is 164 Å². The fourth-order valence-electron chi connectivity index (χ4n) is 3.04. The maximum absolute atomic E-state index is 12.4. The van der Waals surface area contributed by atoms with Crippen molar-refractivity contribution < 1.29 is 9.21 Å². The third-order valence-corrected chi connectivity index (χ3v) is 4.66. The van der Waals surface area contributed by atoms with E-state index in [2.05, 4.69) is 15.3 Å². The summed E-state index contributed by atoms with van der Waals surface area (Å²) in [5, 5.41) is 2.79. The molecule has 1 amide bonds. The van der Waals surface area contributed by atoms with E-state index in [1.807, 2.05) is 18.2 Å². The highest BCUT2D eigenvalue weighted by Crippen LogP contribution is 2.17. The SMILES string of the molecule is Cn1c(=O)c2c(ncn2CC(=O)NCc2ccc(-c3ccoc3)nc2)n(C)c1=O. The monoisotopic (exact) mass is 394 g/mol. The van der Waals surface area contributed by atoms with E-state index < -0.39 is 11.2 Å². The standard InChI is InChI=1S/C19H18N6O4/c1-23-17-16(18(27)24(2)19(23)28)25(11-22-17)9-15(26)21-8-12-3-4-14(20-7-12)13-5-6-29-10-13/h3-7,10-11H,8-9H2,1-2H3,(H,21,26). The molecule has 1 N–H and O–H groups in total. The molecule has 4 rings (SSSR count). The van der Waals surface area contributed by atoms with Crippen LogP contribution in [-0.2, 0) is 32.0 Å². The quantitative estimate of drug-likeness (QED) is 0.524. The second-order valence-corrected chi connectivity index (χ2v) is 6.59. The highest BCUT2D eigenvalue weighted by atomic mass is 16.3. The zero-order valence-electron chi connectivity index (χ0n) is 15.8. The number of nitrogens with zero attached hydrogens (tertiary/aromatic N) is 5. The minimum Gasteiger partial charge on any atom is -0.472 e. The Morgan fingerprint density at radius 3 is 2.66 bits per heavy atom. The third kappa shape index (κ3) is 3.35. The fourth-order valence-corrected chi connectivity index (χ4v) is 3.04. The number of aromatic nitrogens is 5. The van der Waals surface area contributed by atoms with Crippen molar-refractivity contribution >= 4 is 17.1 Å². The maximum Gasteiger partial charge on any atom is 0.332 e. The predicted molar refractivity (Wildman–Crippen MR) is 104 cm³/mol. The number of furan rings is 1. The minimum atomic E-state index is -0.493. The van der Waals surface area contributed by atoms with Crippen molar-refractivity contribution in [3.8, 4) is 11.3 Å². The van der Waals surface area contributed by atoms with Gasteiger partial charge in [0.05, 0.1) is 24.5 Å². The Morgan fingerprint density at radius 1 is 1.14 bits per heavy atom. The van der Waals surface area contributed by atoms with Crippen LogP contribution in [0.2, 0.25) is 0 Å². The van der Waals surface area contributed by atoms with Crippen molar-refractivity contribution in [3.63, 3.8) is 0 Å². The van der Waals surface area contributed by atoms with E-state index in [1.54, 1.807) is 18.7 Å². The molecule has 0 unspecified atom stereocenters. The molecule has 0 atom stereocenters. The lowest BCUT2D eigenvalue weighted by molar-refractivity contribution is -0.121. The first-order valence-corrected chi connectivity index (χ1v) is 8.80. The molecule has 0 radical (unpaired) electrons. The van der Waals surface area contributed by atoms with Crippen molar-refractivity contribution in [1.82, 2.24) is 29.0 Å². The van der Waals surface area contributed by atoms with Crippen LogP contribution in [0.15, 0.2) is 57.3 Å². The smallest absolute Gasteiger partial charge is 0.332 e. The van der Waals surface area contributed by atoms with E-state index in [0.717, 1.165) is 21.4 Å². The first kappa shape index (κ1) is 18.4. The van der Waals surface area contributed by atoms with Crippen molar-refractivity contribution in [2.75, 3.05) is 0 Å². The average Bonchev–Trinajstić information content (AvgIpc) is 3.40.